The highest BCUT2D eigenvalue weighted by Crippen LogP contribution is 2.30. The molecule has 4 aromatic rings. The zero-order chi connectivity index (χ0) is 14.9. The van der Waals surface area contributed by atoms with Crippen LogP contribution >= 0.6 is 0 Å². The number of aromatic nitrogens is 1. The van der Waals surface area contributed by atoms with Crippen LogP contribution < -0.4 is 0 Å². The molecule has 1 heteroatoms. The molecule has 0 fully saturated rings. The van der Waals surface area contributed by atoms with Gasteiger partial charge in [0.1, 0.15) is 0 Å². The van der Waals surface area contributed by atoms with Gasteiger partial charge in [0.2, 0.25) is 0 Å². The minimum atomic E-state index is 0.934. The standard InChI is InChI=1S/C21H17N/c1-2-20-19(15-8-4-3-5-9-15)14-17-13-12-16-10-6-7-11-18(16)21(17)22-20/h3-14H,2H2,1H3. The largest absolute Gasteiger partial charge is 0.252 e. The Balaban J connectivity index is 2.06. The van der Waals surface area contributed by atoms with Crippen LogP contribution in [0.25, 0.3) is 32.8 Å². The molecule has 3 aromatic carbocycles. The van der Waals surface area contributed by atoms with Crippen molar-refractivity contribution in [2.75, 3.05) is 0 Å². The number of hydrogen-bond acceptors (Lipinski definition) is 1. The van der Waals surface area contributed by atoms with Crippen molar-refractivity contribution in [2.45, 2.75) is 13.3 Å². The van der Waals surface area contributed by atoms with Gasteiger partial charge in [-0.15, -0.1) is 0 Å². The molecule has 0 aliphatic heterocycles. The van der Waals surface area contributed by atoms with Crippen LogP contribution in [0.2, 0.25) is 0 Å². The molecule has 0 spiro atoms. The number of rotatable bonds is 2. The highest BCUT2D eigenvalue weighted by molar-refractivity contribution is 6.06. The molecule has 0 radical (unpaired) electrons. The Morgan fingerprint density at radius 2 is 1.50 bits per heavy atom. The van der Waals surface area contributed by atoms with Crippen LogP contribution in [0.1, 0.15) is 12.6 Å². The van der Waals surface area contributed by atoms with Crippen LogP contribution in [-0.2, 0) is 6.42 Å². The molecule has 0 bridgehead atoms. The summed E-state index contributed by atoms with van der Waals surface area (Å²) in [4.78, 5) is 5.00. The lowest BCUT2D eigenvalue weighted by molar-refractivity contribution is 1.06. The number of pyridine rings is 1. The van der Waals surface area contributed by atoms with Crippen molar-refractivity contribution in [3.63, 3.8) is 0 Å². The fourth-order valence-corrected chi connectivity index (χ4v) is 3.08. The van der Waals surface area contributed by atoms with Crippen molar-refractivity contribution < 1.29 is 0 Å². The lowest BCUT2D eigenvalue weighted by atomic mass is 9.98. The monoisotopic (exact) mass is 283 g/mol. The Hall–Kier alpha value is -2.67. The van der Waals surface area contributed by atoms with E-state index in [0.29, 0.717) is 0 Å². The Labute approximate surface area is 130 Å². The minimum absolute atomic E-state index is 0.934. The van der Waals surface area contributed by atoms with E-state index >= 15 is 0 Å². The lowest BCUT2D eigenvalue weighted by Crippen LogP contribution is -1.94. The molecule has 0 aliphatic rings. The highest BCUT2D eigenvalue weighted by atomic mass is 14.7. The maximum absolute atomic E-state index is 5.00. The average molecular weight is 283 g/mol. The van der Waals surface area contributed by atoms with Gasteiger partial charge in [-0.25, -0.2) is 0 Å². The summed E-state index contributed by atoms with van der Waals surface area (Å²) < 4.78 is 0. The first-order valence-electron chi connectivity index (χ1n) is 7.73. The van der Waals surface area contributed by atoms with Crippen molar-refractivity contribution >= 4 is 21.7 Å². The first-order chi connectivity index (χ1) is 10.9. The summed E-state index contributed by atoms with van der Waals surface area (Å²) in [5, 5.41) is 3.68. The molecule has 0 saturated heterocycles. The maximum atomic E-state index is 5.00. The number of hydrogen-bond donors (Lipinski definition) is 0. The lowest BCUT2D eigenvalue weighted by Gasteiger charge is -2.11. The zero-order valence-corrected chi connectivity index (χ0v) is 12.6. The van der Waals surface area contributed by atoms with E-state index in [9.17, 15) is 0 Å². The summed E-state index contributed by atoms with van der Waals surface area (Å²) in [5.41, 5.74) is 4.75. The highest BCUT2D eigenvalue weighted by Gasteiger charge is 2.09. The van der Waals surface area contributed by atoms with Gasteiger partial charge in [0, 0.05) is 22.0 Å². The van der Waals surface area contributed by atoms with E-state index < -0.39 is 0 Å². The fourth-order valence-electron chi connectivity index (χ4n) is 3.08. The Morgan fingerprint density at radius 3 is 2.32 bits per heavy atom. The van der Waals surface area contributed by atoms with Crippen molar-refractivity contribution in [2.24, 2.45) is 0 Å². The predicted molar refractivity (Wildman–Crippen MR) is 94.1 cm³/mol. The van der Waals surface area contributed by atoms with E-state index in [-0.39, 0.29) is 0 Å². The van der Waals surface area contributed by atoms with Crippen LogP contribution in [0.5, 0.6) is 0 Å². The summed E-state index contributed by atoms with van der Waals surface area (Å²) in [6.07, 6.45) is 0.934. The van der Waals surface area contributed by atoms with Gasteiger partial charge in [-0.2, -0.15) is 0 Å². The van der Waals surface area contributed by atoms with Crippen molar-refractivity contribution in [3.05, 3.63) is 78.5 Å². The van der Waals surface area contributed by atoms with Gasteiger partial charge in [-0.1, -0.05) is 73.7 Å². The van der Waals surface area contributed by atoms with Crippen LogP contribution in [0, 0.1) is 0 Å². The van der Waals surface area contributed by atoms with Gasteiger partial charge in [0.25, 0.3) is 0 Å². The van der Waals surface area contributed by atoms with E-state index in [1.54, 1.807) is 0 Å². The van der Waals surface area contributed by atoms with Crippen LogP contribution in [0.15, 0.2) is 72.8 Å². The summed E-state index contributed by atoms with van der Waals surface area (Å²) >= 11 is 0. The molecular formula is C21H17N. The second-order valence-electron chi connectivity index (χ2n) is 5.56. The summed E-state index contributed by atoms with van der Waals surface area (Å²) in [6, 6.07) is 25.6. The third kappa shape index (κ3) is 2.06. The quantitative estimate of drug-likeness (QED) is 0.435. The number of nitrogens with zero attached hydrogens (tertiary/aromatic N) is 1. The van der Waals surface area contributed by atoms with E-state index in [4.69, 9.17) is 4.98 Å². The van der Waals surface area contributed by atoms with E-state index in [0.717, 1.165) is 17.6 Å². The number of benzene rings is 3. The first kappa shape index (κ1) is 13.0. The first-order valence-corrected chi connectivity index (χ1v) is 7.73. The Bertz CT molecular complexity index is 955. The molecule has 0 atom stereocenters. The smallest absolute Gasteiger partial charge is 0.0784 e. The summed E-state index contributed by atoms with van der Waals surface area (Å²) in [5.74, 6) is 0. The Morgan fingerprint density at radius 1 is 0.773 bits per heavy atom. The minimum Gasteiger partial charge on any atom is -0.252 e. The third-order valence-electron chi connectivity index (χ3n) is 4.21. The normalized spacial score (nSPS) is 11.1. The fraction of sp³-hybridized carbons (Fsp3) is 0.0952. The van der Waals surface area contributed by atoms with E-state index in [1.165, 1.54) is 27.3 Å². The van der Waals surface area contributed by atoms with Gasteiger partial charge >= 0.3 is 0 Å². The van der Waals surface area contributed by atoms with Crippen LogP contribution in [-0.4, -0.2) is 4.98 Å². The van der Waals surface area contributed by atoms with Crippen LogP contribution in [0.3, 0.4) is 0 Å². The molecule has 1 nitrogen and oxygen atoms in total. The van der Waals surface area contributed by atoms with Gasteiger partial charge in [-0.3, -0.25) is 4.98 Å². The molecule has 0 amide bonds. The SMILES string of the molecule is CCc1nc2c(ccc3ccccc32)cc1-c1ccccc1. The molecule has 1 heterocycles. The maximum Gasteiger partial charge on any atom is 0.0784 e. The second kappa shape index (κ2) is 5.27. The molecule has 0 aliphatic carbocycles. The number of aryl methyl sites for hydroxylation is 1. The van der Waals surface area contributed by atoms with Crippen molar-refractivity contribution in [1.29, 1.82) is 0 Å². The van der Waals surface area contributed by atoms with Crippen molar-refractivity contribution in [3.8, 4) is 11.1 Å². The number of fused-ring (bicyclic) bond motifs is 3. The molecule has 0 saturated carbocycles. The molecule has 106 valence electrons. The van der Waals surface area contributed by atoms with E-state index in [1.807, 2.05) is 0 Å². The van der Waals surface area contributed by atoms with Gasteiger partial charge in [0.05, 0.1) is 5.52 Å². The summed E-state index contributed by atoms with van der Waals surface area (Å²) in [6.45, 7) is 2.17. The second-order valence-corrected chi connectivity index (χ2v) is 5.56. The molecular weight excluding hydrogens is 266 g/mol. The predicted octanol–water partition coefficient (Wildman–Crippen LogP) is 5.62. The Kier molecular flexibility index (Phi) is 3.12. The average Bonchev–Trinajstić information content (AvgIpc) is 2.61. The third-order valence-corrected chi connectivity index (χ3v) is 4.21. The molecule has 0 unspecified atom stereocenters. The zero-order valence-electron chi connectivity index (χ0n) is 12.6. The summed E-state index contributed by atoms with van der Waals surface area (Å²) in [7, 11) is 0. The molecule has 1 aromatic heterocycles. The molecule has 22 heavy (non-hydrogen) atoms. The molecule has 4 rings (SSSR count). The van der Waals surface area contributed by atoms with E-state index in [2.05, 4.69) is 79.7 Å². The molecule has 0 N–H and O–H groups in total. The van der Waals surface area contributed by atoms with Crippen molar-refractivity contribution in [1.82, 2.24) is 4.98 Å². The van der Waals surface area contributed by atoms with Gasteiger partial charge < -0.3 is 0 Å². The van der Waals surface area contributed by atoms with Crippen LogP contribution in [0.4, 0.5) is 0 Å². The van der Waals surface area contributed by atoms with Gasteiger partial charge in [0.15, 0.2) is 0 Å². The topological polar surface area (TPSA) is 12.9 Å². The van der Waals surface area contributed by atoms with Gasteiger partial charge in [-0.05, 0) is 23.4 Å².